The maximum Gasteiger partial charge on any atom is 0.0490 e. The van der Waals surface area contributed by atoms with Crippen molar-refractivity contribution >= 4 is 11.3 Å². The minimum absolute atomic E-state index is 0.395. The second kappa shape index (κ2) is 4.59. The van der Waals surface area contributed by atoms with Crippen LogP contribution >= 0.6 is 11.3 Å². The zero-order valence-corrected chi connectivity index (χ0v) is 9.77. The van der Waals surface area contributed by atoms with Crippen LogP contribution in [0.2, 0.25) is 0 Å². The first-order chi connectivity index (χ1) is 7.25. The van der Waals surface area contributed by atoms with Crippen molar-refractivity contribution in [2.75, 3.05) is 0 Å². The fourth-order valence-electron chi connectivity index (χ4n) is 1.43. The largest absolute Gasteiger partial charge is 0.304 e. The molecule has 2 heterocycles. The molecule has 1 atom stereocenters. The van der Waals surface area contributed by atoms with E-state index >= 15 is 0 Å². The highest BCUT2D eigenvalue weighted by atomic mass is 32.1. The molecule has 0 saturated carbocycles. The third-order valence-corrected chi connectivity index (χ3v) is 3.53. The van der Waals surface area contributed by atoms with Crippen LogP contribution in [0.4, 0.5) is 0 Å². The molecule has 0 aliphatic rings. The molecule has 3 nitrogen and oxygen atoms in total. The summed E-state index contributed by atoms with van der Waals surface area (Å²) in [4.78, 5) is 2.74. The van der Waals surface area contributed by atoms with E-state index in [0.717, 1.165) is 12.2 Å². The van der Waals surface area contributed by atoms with Gasteiger partial charge in [0.1, 0.15) is 0 Å². The molecule has 2 N–H and O–H groups in total. The van der Waals surface area contributed by atoms with Crippen LogP contribution < -0.4 is 5.32 Å². The second-order valence-electron chi connectivity index (χ2n) is 3.63. The molecular formula is C11H15N3S. The number of aryl methyl sites for hydroxylation is 1. The van der Waals surface area contributed by atoms with Gasteiger partial charge in [0, 0.05) is 34.2 Å². The number of nitrogens with zero attached hydrogens (tertiary/aromatic N) is 1. The topological polar surface area (TPSA) is 40.7 Å². The van der Waals surface area contributed by atoms with E-state index in [1.807, 2.05) is 17.4 Å². The summed E-state index contributed by atoms with van der Waals surface area (Å²) in [5.74, 6) is 0. The standard InChI is InChI=1S/C11H15N3S/c1-8-3-4-11(15-8)9(2)12-7-10-5-6-13-14-10/h3-6,9,12H,7H2,1-2H3,(H,13,14). The monoisotopic (exact) mass is 221 g/mol. The molecule has 0 aliphatic heterocycles. The van der Waals surface area contributed by atoms with Crippen molar-refractivity contribution in [3.8, 4) is 0 Å². The number of rotatable bonds is 4. The molecule has 4 heteroatoms. The number of H-pyrrole nitrogens is 1. The highest BCUT2D eigenvalue weighted by Gasteiger charge is 2.06. The third-order valence-electron chi connectivity index (χ3n) is 2.35. The number of aromatic nitrogens is 2. The SMILES string of the molecule is Cc1ccc(C(C)NCc2ccn[nH]2)s1. The Balaban J connectivity index is 1.90. The molecule has 80 valence electrons. The van der Waals surface area contributed by atoms with Crippen molar-refractivity contribution in [3.63, 3.8) is 0 Å². The molecule has 0 saturated heterocycles. The predicted octanol–water partition coefficient (Wildman–Crippen LogP) is 2.63. The summed E-state index contributed by atoms with van der Waals surface area (Å²) in [5, 5.41) is 10.3. The van der Waals surface area contributed by atoms with Crippen molar-refractivity contribution in [1.29, 1.82) is 0 Å². The highest BCUT2D eigenvalue weighted by Crippen LogP contribution is 2.22. The Morgan fingerprint density at radius 3 is 2.93 bits per heavy atom. The smallest absolute Gasteiger partial charge is 0.0490 e. The van der Waals surface area contributed by atoms with Crippen molar-refractivity contribution in [3.05, 3.63) is 39.8 Å². The first-order valence-electron chi connectivity index (χ1n) is 5.03. The third kappa shape index (κ3) is 2.67. The summed E-state index contributed by atoms with van der Waals surface area (Å²) in [6.45, 7) is 5.15. The van der Waals surface area contributed by atoms with Gasteiger partial charge in [0.25, 0.3) is 0 Å². The molecule has 15 heavy (non-hydrogen) atoms. The van der Waals surface area contributed by atoms with E-state index in [0.29, 0.717) is 6.04 Å². The number of hydrogen-bond acceptors (Lipinski definition) is 3. The number of thiophene rings is 1. The minimum Gasteiger partial charge on any atom is -0.304 e. The lowest BCUT2D eigenvalue weighted by atomic mass is 10.2. The summed E-state index contributed by atoms with van der Waals surface area (Å²) in [7, 11) is 0. The van der Waals surface area contributed by atoms with Crippen molar-refractivity contribution in [2.45, 2.75) is 26.4 Å². The fraction of sp³-hybridized carbons (Fsp3) is 0.364. The number of hydrogen-bond donors (Lipinski definition) is 2. The quantitative estimate of drug-likeness (QED) is 0.833. The Kier molecular flexibility index (Phi) is 3.18. The Labute approximate surface area is 93.5 Å². The van der Waals surface area contributed by atoms with Gasteiger partial charge in [0.05, 0.1) is 0 Å². The molecule has 2 aromatic rings. The van der Waals surface area contributed by atoms with E-state index in [-0.39, 0.29) is 0 Å². The molecule has 0 radical (unpaired) electrons. The summed E-state index contributed by atoms with van der Waals surface area (Å²) in [6, 6.07) is 6.73. The zero-order chi connectivity index (χ0) is 10.7. The van der Waals surface area contributed by atoms with Gasteiger partial charge in [-0.3, -0.25) is 5.10 Å². The van der Waals surface area contributed by atoms with E-state index in [1.165, 1.54) is 9.75 Å². The molecule has 2 rings (SSSR count). The van der Waals surface area contributed by atoms with Gasteiger partial charge in [-0.25, -0.2) is 0 Å². The van der Waals surface area contributed by atoms with Crippen LogP contribution in [0.25, 0.3) is 0 Å². The number of nitrogens with one attached hydrogen (secondary N) is 2. The lowest BCUT2D eigenvalue weighted by Crippen LogP contribution is -2.17. The minimum atomic E-state index is 0.395. The van der Waals surface area contributed by atoms with E-state index < -0.39 is 0 Å². The average Bonchev–Trinajstić information content (AvgIpc) is 2.84. The maximum absolute atomic E-state index is 3.91. The molecule has 0 fully saturated rings. The molecule has 0 aromatic carbocycles. The molecule has 0 bridgehead atoms. The van der Waals surface area contributed by atoms with E-state index in [1.54, 1.807) is 6.20 Å². The molecule has 2 aromatic heterocycles. The van der Waals surface area contributed by atoms with E-state index in [2.05, 4.69) is 41.5 Å². The van der Waals surface area contributed by atoms with Gasteiger partial charge in [-0.15, -0.1) is 11.3 Å². The molecule has 0 spiro atoms. The first-order valence-corrected chi connectivity index (χ1v) is 5.85. The highest BCUT2D eigenvalue weighted by molar-refractivity contribution is 7.12. The van der Waals surface area contributed by atoms with Gasteiger partial charge < -0.3 is 5.32 Å². The van der Waals surface area contributed by atoms with Crippen LogP contribution in [0.5, 0.6) is 0 Å². The van der Waals surface area contributed by atoms with Crippen LogP contribution in [-0.4, -0.2) is 10.2 Å². The van der Waals surface area contributed by atoms with Crippen LogP contribution in [0.15, 0.2) is 24.4 Å². The van der Waals surface area contributed by atoms with Gasteiger partial charge in [0.15, 0.2) is 0 Å². The summed E-state index contributed by atoms with van der Waals surface area (Å²) < 4.78 is 0. The van der Waals surface area contributed by atoms with Gasteiger partial charge in [-0.1, -0.05) is 0 Å². The van der Waals surface area contributed by atoms with Crippen LogP contribution in [-0.2, 0) is 6.54 Å². The second-order valence-corrected chi connectivity index (χ2v) is 4.95. The average molecular weight is 221 g/mol. The van der Waals surface area contributed by atoms with Gasteiger partial charge in [0.2, 0.25) is 0 Å². The van der Waals surface area contributed by atoms with Gasteiger partial charge in [-0.2, -0.15) is 5.10 Å². The Hall–Kier alpha value is -1.13. The lowest BCUT2D eigenvalue weighted by molar-refractivity contribution is 0.575. The Morgan fingerprint density at radius 1 is 1.47 bits per heavy atom. The summed E-state index contributed by atoms with van der Waals surface area (Å²) in [6.07, 6.45) is 1.77. The van der Waals surface area contributed by atoms with Gasteiger partial charge >= 0.3 is 0 Å². The van der Waals surface area contributed by atoms with Crippen LogP contribution in [0.1, 0.15) is 28.4 Å². The normalized spacial score (nSPS) is 12.9. The zero-order valence-electron chi connectivity index (χ0n) is 8.95. The van der Waals surface area contributed by atoms with E-state index in [4.69, 9.17) is 0 Å². The summed E-state index contributed by atoms with van der Waals surface area (Å²) in [5.41, 5.74) is 1.12. The molecular weight excluding hydrogens is 206 g/mol. The predicted molar refractivity (Wildman–Crippen MR) is 62.9 cm³/mol. The van der Waals surface area contributed by atoms with Gasteiger partial charge in [-0.05, 0) is 32.0 Å². The summed E-state index contributed by atoms with van der Waals surface area (Å²) >= 11 is 1.84. The van der Waals surface area contributed by atoms with Crippen LogP contribution in [0.3, 0.4) is 0 Å². The Morgan fingerprint density at radius 2 is 2.33 bits per heavy atom. The molecule has 1 unspecified atom stereocenters. The Bertz CT molecular complexity index is 405. The first kappa shape index (κ1) is 10.4. The van der Waals surface area contributed by atoms with Crippen molar-refractivity contribution in [2.24, 2.45) is 0 Å². The van der Waals surface area contributed by atoms with Crippen molar-refractivity contribution in [1.82, 2.24) is 15.5 Å². The maximum atomic E-state index is 3.91. The lowest BCUT2D eigenvalue weighted by Gasteiger charge is -2.10. The molecule has 0 amide bonds. The molecule has 0 aliphatic carbocycles. The van der Waals surface area contributed by atoms with Crippen LogP contribution in [0, 0.1) is 6.92 Å². The van der Waals surface area contributed by atoms with Crippen molar-refractivity contribution < 1.29 is 0 Å². The number of aromatic amines is 1. The fourth-order valence-corrected chi connectivity index (χ4v) is 2.34. The van der Waals surface area contributed by atoms with E-state index in [9.17, 15) is 0 Å².